The highest BCUT2D eigenvalue weighted by molar-refractivity contribution is 7.10. The van der Waals surface area contributed by atoms with Crippen molar-refractivity contribution < 1.29 is 14.4 Å². The Labute approximate surface area is 201 Å². The van der Waals surface area contributed by atoms with Crippen molar-refractivity contribution in [1.82, 2.24) is 5.32 Å². The number of benzene rings is 1. The van der Waals surface area contributed by atoms with Gasteiger partial charge in [0.15, 0.2) is 0 Å². The van der Waals surface area contributed by atoms with Gasteiger partial charge in [-0.15, -0.1) is 22.7 Å². The molecule has 2 aromatic heterocycles. The molecule has 0 radical (unpaired) electrons. The quantitative estimate of drug-likeness (QED) is 0.467. The standard InChI is InChI=1S/C25H27N3O3S2/c1-17(29)26-19-10-12-20(13-11-19)28(23(30)16-21-8-4-14-32-21)24(22-9-5-15-33-22)25(31)27-18-6-2-3-7-18/h4-5,8-15,18,24H,2-3,6-7,16H2,1H3,(H,26,29)(H,27,31)/t24-/m0/s1. The van der Waals surface area contributed by atoms with E-state index < -0.39 is 6.04 Å². The summed E-state index contributed by atoms with van der Waals surface area (Å²) in [4.78, 5) is 42.0. The summed E-state index contributed by atoms with van der Waals surface area (Å²) in [7, 11) is 0. The van der Waals surface area contributed by atoms with Crippen LogP contribution in [0.1, 0.15) is 48.4 Å². The van der Waals surface area contributed by atoms with Gasteiger partial charge in [-0.25, -0.2) is 0 Å². The van der Waals surface area contributed by atoms with Crippen LogP contribution in [-0.2, 0) is 20.8 Å². The Morgan fingerprint density at radius 2 is 1.70 bits per heavy atom. The second-order valence-electron chi connectivity index (χ2n) is 8.16. The molecule has 1 aromatic carbocycles. The maximum atomic E-state index is 13.6. The number of hydrogen-bond acceptors (Lipinski definition) is 5. The van der Waals surface area contributed by atoms with Crippen LogP contribution < -0.4 is 15.5 Å². The van der Waals surface area contributed by atoms with Crippen LogP contribution in [0, 0.1) is 0 Å². The number of nitrogens with one attached hydrogen (secondary N) is 2. The highest BCUT2D eigenvalue weighted by Crippen LogP contribution is 2.33. The van der Waals surface area contributed by atoms with Crippen molar-refractivity contribution >= 4 is 51.8 Å². The molecule has 1 atom stereocenters. The van der Waals surface area contributed by atoms with Crippen molar-refractivity contribution in [2.45, 2.75) is 51.1 Å². The molecule has 1 aliphatic carbocycles. The van der Waals surface area contributed by atoms with Crippen molar-refractivity contribution in [1.29, 1.82) is 0 Å². The van der Waals surface area contributed by atoms with E-state index in [0.29, 0.717) is 11.4 Å². The molecule has 8 heteroatoms. The molecule has 2 N–H and O–H groups in total. The zero-order valence-corrected chi connectivity index (χ0v) is 20.1. The van der Waals surface area contributed by atoms with Gasteiger partial charge in [0.2, 0.25) is 17.7 Å². The lowest BCUT2D eigenvalue weighted by molar-refractivity contribution is -0.126. The maximum absolute atomic E-state index is 13.6. The largest absolute Gasteiger partial charge is 0.351 e. The predicted octanol–water partition coefficient (Wildman–Crippen LogP) is 5.14. The second-order valence-corrected chi connectivity index (χ2v) is 10.2. The molecule has 0 spiro atoms. The summed E-state index contributed by atoms with van der Waals surface area (Å²) in [5.41, 5.74) is 1.26. The number of anilines is 2. The molecule has 172 valence electrons. The van der Waals surface area contributed by atoms with Crippen LogP contribution in [-0.4, -0.2) is 23.8 Å². The third-order valence-corrected chi connectivity index (χ3v) is 7.46. The lowest BCUT2D eigenvalue weighted by Crippen LogP contribution is -2.46. The Bertz CT molecular complexity index is 1070. The van der Waals surface area contributed by atoms with Crippen LogP contribution in [0.2, 0.25) is 0 Å². The Kier molecular flexibility index (Phi) is 7.57. The fraction of sp³-hybridized carbons (Fsp3) is 0.320. The SMILES string of the molecule is CC(=O)Nc1ccc(N(C(=O)Cc2cccs2)[C@H](C(=O)NC2CCCC2)c2cccs2)cc1. The first-order valence-electron chi connectivity index (χ1n) is 11.1. The summed E-state index contributed by atoms with van der Waals surface area (Å²) in [5.74, 6) is -0.472. The molecule has 0 aliphatic heterocycles. The molecular formula is C25H27N3O3S2. The fourth-order valence-electron chi connectivity index (χ4n) is 4.16. The smallest absolute Gasteiger partial charge is 0.248 e. The van der Waals surface area contributed by atoms with Crippen LogP contribution in [0.5, 0.6) is 0 Å². The summed E-state index contributed by atoms with van der Waals surface area (Å²) < 4.78 is 0. The third-order valence-electron chi connectivity index (χ3n) is 5.66. The van der Waals surface area contributed by atoms with Crippen molar-refractivity contribution in [3.8, 4) is 0 Å². The summed E-state index contributed by atoms with van der Waals surface area (Å²) in [6, 6.07) is 14.1. The van der Waals surface area contributed by atoms with Gasteiger partial charge in [-0.3, -0.25) is 19.3 Å². The van der Waals surface area contributed by atoms with Crippen LogP contribution >= 0.6 is 22.7 Å². The number of carbonyl (C=O) groups excluding carboxylic acids is 3. The molecule has 0 unspecified atom stereocenters. The number of amides is 3. The normalized spacial score (nSPS) is 14.6. The zero-order chi connectivity index (χ0) is 23.2. The first-order valence-corrected chi connectivity index (χ1v) is 12.8. The fourth-order valence-corrected chi connectivity index (χ4v) is 5.67. The van der Waals surface area contributed by atoms with Crippen molar-refractivity contribution in [2.75, 3.05) is 10.2 Å². The highest BCUT2D eigenvalue weighted by Gasteiger charge is 2.35. The van der Waals surface area contributed by atoms with E-state index in [4.69, 9.17) is 0 Å². The molecule has 4 rings (SSSR count). The Morgan fingerprint density at radius 1 is 1.00 bits per heavy atom. The zero-order valence-electron chi connectivity index (χ0n) is 18.5. The van der Waals surface area contributed by atoms with Gasteiger partial charge < -0.3 is 10.6 Å². The Balaban J connectivity index is 1.70. The summed E-state index contributed by atoms with van der Waals surface area (Å²) >= 11 is 2.99. The van der Waals surface area contributed by atoms with Gasteiger partial charge in [0, 0.05) is 34.1 Å². The van der Waals surface area contributed by atoms with Gasteiger partial charge in [-0.2, -0.15) is 0 Å². The Hall–Kier alpha value is -2.97. The molecule has 0 saturated heterocycles. The lowest BCUT2D eigenvalue weighted by Gasteiger charge is -2.31. The van der Waals surface area contributed by atoms with E-state index in [9.17, 15) is 14.4 Å². The highest BCUT2D eigenvalue weighted by atomic mass is 32.1. The third kappa shape index (κ3) is 5.89. The number of thiophene rings is 2. The van der Waals surface area contributed by atoms with Gasteiger partial charge in [0.25, 0.3) is 0 Å². The second kappa shape index (κ2) is 10.8. The monoisotopic (exact) mass is 481 g/mol. The van der Waals surface area contributed by atoms with E-state index in [1.54, 1.807) is 29.2 Å². The van der Waals surface area contributed by atoms with Crippen molar-refractivity contribution in [2.24, 2.45) is 0 Å². The molecule has 3 amide bonds. The van der Waals surface area contributed by atoms with Crippen molar-refractivity contribution in [3.05, 3.63) is 69.0 Å². The minimum Gasteiger partial charge on any atom is -0.351 e. The van der Waals surface area contributed by atoms with E-state index in [2.05, 4.69) is 10.6 Å². The minimum atomic E-state index is -0.760. The van der Waals surface area contributed by atoms with Crippen LogP contribution in [0.25, 0.3) is 0 Å². The van der Waals surface area contributed by atoms with Gasteiger partial charge >= 0.3 is 0 Å². The average molecular weight is 482 g/mol. The number of carbonyl (C=O) groups is 3. The average Bonchev–Trinajstić information content (AvgIpc) is 3.56. The Morgan fingerprint density at radius 3 is 2.30 bits per heavy atom. The molecule has 0 bridgehead atoms. The van der Waals surface area contributed by atoms with Crippen LogP contribution in [0.3, 0.4) is 0 Å². The number of hydrogen-bond donors (Lipinski definition) is 2. The summed E-state index contributed by atoms with van der Waals surface area (Å²) in [6.45, 7) is 1.45. The van der Waals surface area contributed by atoms with E-state index in [0.717, 1.165) is 35.4 Å². The van der Waals surface area contributed by atoms with E-state index in [1.807, 2.05) is 35.0 Å². The first kappa shape index (κ1) is 23.2. The topological polar surface area (TPSA) is 78.5 Å². The first-order chi connectivity index (χ1) is 16.0. The maximum Gasteiger partial charge on any atom is 0.248 e. The molecule has 1 fully saturated rings. The molecule has 3 aromatic rings. The minimum absolute atomic E-state index is 0.148. The van der Waals surface area contributed by atoms with Gasteiger partial charge in [0.1, 0.15) is 6.04 Å². The number of rotatable bonds is 8. The van der Waals surface area contributed by atoms with Gasteiger partial charge in [-0.05, 0) is 60.0 Å². The molecule has 1 aliphatic rings. The molecule has 6 nitrogen and oxygen atoms in total. The summed E-state index contributed by atoms with van der Waals surface area (Å²) in [5, 5.41) is 9.80. The van der Waals surface area contributed by atoms with E-state index in [-0.39, 0.29) is 30.2 Å². The van der Waals surface area contributed by atoms with Crippen LogP contribution in [0.4, 0.5) is 11.4 Å². The predicted molar refractivity (Wildman–Crippen MR) is 134 cm³/mol. The number of nitrogens with zero attached hydrogens (tertiary/aromatic N) is 1. The lowest BCUT2D eigenvalue weighted by atomic mass is 10.1. The van der Waals surface area contributed by atoms with E-state index >= 15 is 0 Å². The molecular weight excluding hydrogens is 454 g/mol. The van der Waals surface area contributed by atoms with Crippen molar-refractivity contribution in [3.63, 3.8) is 0 Å². The van der Waals surface area contributed by atoms with Crippen LogP contribution in [0.15, 0.2) is 59.3 Å². The van der Waals surface area contributed by atoms with E-state index in [1.165, 1.54) is 29.6 Å². The summed E-state index contributed by atoms with van der Waals surface area (Å²) in [6.07, 6.45) is 4.37. The molecule has 2 heterocycles. The molecule has 33 heavy (non-hydrogen) atoms. The van der Waals surface area contributed by atoms with Gasteiger partial charge in [-0.1, -0.05) is 25.0 Å². The van der Waals surface area contributed by atoms with Gasteiger partial charge in [0.05, 0.1) is 6.42 Å². The molecule has 1 saturated carbocycles.